The number of nitrogens with one attached hydrogen (secondary N) is 1. The van der Waals surface area contributed by atoms with Gasteiger partial charge in [0, 0.05) is 23.0 Å². The van der Waals surface area contributed by atoms with Crippen molar-refractivity contribution in [2.24, 2.45) is 0 Å². The fourth-order valence-electron chi connectivity index (χ4n) is 2.63. The molecular formula is C22H24BrNO6. The van der Waals surface area contributed by atoms with Crippen LogP contribution in [0.15, 0.2) is 46.9 Å². The number of halogens is 1. The van der Waals surface area contributed by atoms with Crippen LogP contribution in [0.25, 0.3) is 0 Å². The maximum Gasteiger partial charge on any atom is 0.307 e. The number of esters is 1. The third kappa shape index (κ3) is 6.88. The first-order chi connectivity index (χ1) is 14.3. The highest BCUT2D eigenvalue weighted by Crippen LogP contribution is 2.27. The molecule has 0 aliphatic heterocycles. The molecule has 0 saturated carbocycles. The zero-order valence-corrected chi connectivity index (χ0v) is 18.7. The van der Waals surface area contributed by atoms with Gasteiger partial charge in [-0.3, -0.25) is 14.4 Å². The van der Waals surface area contributed by atoms with Crippen molar-refractivity contribution < 1.29 is 28.6 Å². The second kappa shape index (κ2) is 11.3. The van der Waals surface area contributed by atoms with E-state index < -0.39 is 18.0 Å². The highest BCUT2D eigenvalue weighted by molar-refractivity contribution is 9.10. The van der Waals surface area contributed by atoms with Crippen LogP contribution in [0, 0.1) is 0 Å². The summed E-state index contributed by atoms with van der Waals surface area (Å²) in [6, 6.07) is 12.2. The Morgan fingerprint density at radius 3 is 2.27 bits per heavy atom. The van der Waals surface area contributed by atoms with Gasteiger partial charge in [0.25, 0.3) is 5.91 Å². The highest BCUT2D eigenvalue weighted by Gasteiger charge is 2.19. The van der Waals surface area contributed by atoms with E-state index in [0.717, 1.165) is 10.0 Å². The molecule has 0 fully saturated rings. The summed E-state index contributed by atoms with van der Waals surface area (Å²) >= 11 is 3.30. The minimum atomic E-state index is -0.972. The molecule has 0 aliphatic carbocycles. The smallest absolute Gasteiger partial charge is 0.307 e. The maximum absolute atomic E-state index is 12.2. The summed E-state index contributed by atoms with van der Waals surface area (Å²) in [5, 5.41) is 2.70. The van der Waals surface area contributed by atoms with E-state index in [1.807, 2.05) is 0 Å². The number of hydrogen-bond acceptors (Lipinski definition) is 6. The normalized spacial score (nSPS) is 11.3. The van der Waals surface area contributed by atoms with Crippen LogP contribution in [0.3, 0.4) is 0 Å². The largest absolute Gasteiger partial charge is 0.493 e. The number of carbonyl (C=O) groups is 3. The Kier molecular flexibility index (Phi) is 8.86. The molecule has 0 bridgehead atoms. The predicted molar refractivity (Wildman–Crippen MR) is 115 cm³/mol. The number of amides is 1. The third-order valence-corrected chi connectivity index (χ3v) is 4.84. The summed E-state index contributed by atoms with van der Waals surface area (Å²) in [6.45, 7) is 1.72. The van der Waals surface area contributed by atoms with Gasteiger partial charge >= 0.3 is 5.97 Å². The van der Waals surface area contributed by atoms with E-state index in [-0.39, 0.29) is 25.2 Å². The van der Waals surface area contributed by atoms with Crippen LogP contribution in [0.5, 0.6) is 11.5 Å². The molecule has 2 rings (SSSR count). The maximum atomic E-state index is 12.2. The molecule has 8 heteroatoms. The Balaban J connectivity index is 1.78. The Morgan fingerprint density at radius 2 is 1.63 bits per heavy atom. The van der Waals surface area contributed by atoms with Crippen LogP contribution in [0.1, 0.15) is 35.7 Å². The SMILES string of the molecule is COc1ccc(CNC(=O)C(C)OC(=O)CCC(=O)c2ccc(Br)cc2)cc1OC. The number of hydrogen-bond donors (Lipinski definition) is 1. The van der Waals surface area contributed by atoms with Crippen LogP contribution in [-0.2, 0) is 20.9 Å². The number of carbonyl (C=O) groups excluding carboxylic acids is 3. The van der Waals surface area contributed by atoms with Gasteiger partial charge < -0.3 is 19.5 Å². The van der Waals surface area contributed by atoms with E-state index in [2.05, 4.69) is 21.2 Å². The van der Waals surface area contributed by atoms with Gasteiger partial charge in [-0.1, -0.05) is 34.1 Å². The summed E-state index contributed by atoms with van der Waals surface area (Å²) in [4.78, 5) is 36.3. The standard InChI is InChI=1S/C22H24BrNO6/c1-14(22(27)24-13-15-4-10-19(28-2)20(12-15)29-3)30-21(26)11-9-18(25)16-5-7-17(23)8-6-16/h4-8,10,12,14H,9,11,13H2,1-3H3,(H,24,27). The van der Waals surface area contributed by atoms with Crippen molar-refractivity contribution in [3.8, 4) is 11.5 Å². The van der Waals surface area contributed by atoms with Crippen LogP contribution >= 0.6 is 15.9 Å². The highest BCUT2D eigenvalue weighted by atomic mass is 79.9. The molecular weight excluding hydrogens is 454 g/mol. The summed E-state index contributed by atoms with van der Waals surface area (Å²) in [6.07, 6.45) is -1.05. The molecule has 2 aromatic rings. The van der Waals surface area contributed by atoms with E-state index in [1.165, 1.54) is 14.0 Å². The molecule has 160 valence electrons. The van der Waals surface area contributed by atoms with Gasteiger partial charge in [0.2, 0.25) is 0 Å². The van der Waals surface area contributed by atoms with E-state index in [9.17, 15) is 14.4 Å². The lowest BCUT2D eigenvalue weighted by molar-refractivity contribution is -0.154. The van der Waals surface area contributed by atoms with Crippen molar-refractivity contribution in [3.05, 3.63) is 58.1 Å². The van der Waals surface area contributed by atoms with E-state index in [4.69, 9.17) is 14.2 Å². The van der Waals surface area contributed by atoms with Crippen molar-refractivity contribution in [1.29, 1.82) is 0 Å². The number of benzene rings is 2. The minimum absolute atomic E-state index is 0.0143. The third-order valence-electron chi connectivity index (χ3n) is 4.31. The van der Waals surface area contributed by atoms with Gasteiger partial charge in [0.15, 0.2) is 23.4 Å². The lowest BCUT2D eigenvalue weighted by Crippen LogP contribution is -2.35. The molecule has 1 unspecified atom stereocenters. The van der Waals surface area contributed by atoms with E-state index in [0.29, 0.717) is 17.1 Å². The number of ketones is 1. The van der Waals surface area contributed by atoms with Crippen molar-refractivity contribution in [1.82, 2.24) is 5.32 Å². The van der Waals surface area contributed by atoms with Gasteiger partial charge in [-0.25, -0.2) is 0 Å². The van der Waals surface area contributed by atoms with Crippen molar-refractivity contribution in [3.63, 3.8) is 0 Å². The van der Waals surface area contributed by atoms with Crippen LogP contribution in [-0.4, -0.2) is 38.0 Å². The van der Waals surface area contributed by atoms with Gasteiger partial charge in [0.1, 0.15) is 0 Å². The molecule has 0 aliphatic rings. The number of Topliss-reactive ketones (excluding diaryl/α,β-unsaturated/α-hetero) is 1. The number of methoxy groups -OCH3 is 2. The van der Waals surface area contributed by atoms with Crippen molar-refractivity contribution >= 4 is 33.6 Å². The fraction of sp³-hybridized carbons (Fsp3) is 0.318. The summed E-state index contributed by atoms with van der Waals surface area (Å²) in [5.41, 5.74) is 1.33. The molecule has 2 aromatic carbocycles. The molecule has 30 heavy (non-hydrogen) atoms. The molecule has 7 nitrogen and oxygen atoms in total. The van der Waals surface area contributed by atoms with Gasteiger partial charge in [-0.2, -0.15) is 0 Å². The van der Waals surface area contributed by atoms with E-state index >= 15 is 0 Å². The van der Waals surface area contributed by atoms with Crippen molar-refractivity contribution in [2.75, 3.05) is 14.2 Å². The summed E-state index contributed by atoms with van der Waals surface area (Å²) in [5.74, 6) is -0.0525. The molecule has 1 atom stereocenters. The molecule has 1 amide bonds. The van der Waals surface area contributed by atoms with Crippen LogP contribution < -0.4 is 14.8 Å². The van der Waals surface area contributed by atoms with Crippen molar-refractivity contribution in [2.45, 2.75) is 32.4 Å². The monoisotopic (exact) mass is 477 g/mol. The fourth-order valence-corrected chi connectivity index (χ4v) is 2.89. The first-order valence-electron chi connectivity index (χ1n) is 9.31. The molecule has 0 spiro atoms. The molecule has 0 radical (unpaired) electrons. The summed E-state index contributed by atoms with van der Waals surface area (Å²) < 4.78 is 16.4. The average molecular weight is 478 g/mol. The Bertz CT molecular complexity index is 897. The first-order valence-corrected chi connectivity index (χ1v) is 10.1. The average Bonchev–Trinajstić information content (AvgIpc) is 2.75. The number of ether oxygens (including phenoxy) is 3. The molecule has 0 heterocycles. The second-order valence-corrected chi connectivity index (χ2v) is 7.38. The lowest BCUT2D eigenvalue weighted by Gasteiger charge is -2.14. The number of rotatable bonds is 10. The molecule has 0 saturated heterocycles. The van der Waals surface area contributed by atoms with Crippen LogP contribution in [0.4, 0.5) is 0 Å². The minimum Gasteiger partial charge on any atom is -0.493 e. The quantitative estimate of drug-likeness (QED) is 0.414. The second-order valence-electron chi connectivity index (χ2n) is 6.47. The molecule has 0 aromatic heterocycles. The Hall–Kier alpha value is -2.87. The summed E-state index contributed by atoms with van der Waals surface area (Å²) in [7, 11) is 3.07. The van der Waals surface area contributed by atoms with E-state index in [1.54, 1.807) is 49.6 Å². The first kappa shape index (κ1) is 23.4. The van der Waals surface area contributed by atoms with Gasteiger partial charge in [-0.15, -0.1) is 0 Å². The Morgan fingerprint density at radius 1 is 0.967 bits per heavy atom. The van der Waals surface area contributed by atoms with Gasteiger partial charge in [-0.05, 0) is 36.8 Å². The zero-order valence-electron chi connectivity index (χ0n) is 17.1. The zero-order chi connectivity index (χ0) is 22.1. The van der Waals surface area contributed by atoms with Crippen LogP contribution in [0.2, 0.25) is 0 Å². The molecule has 1 N–H and O–H groups in total. The topological polar surface area (TPSA) is 90.9 Å². The van der Waals surface area contributed by atoms with Gasteiger partial charge in [0.05, 0.1) is 20.6 Å². The lowest BCUT2D eigenvalue weighted by atomic mass is 10.1. The predicted octanol–water partition coefficient (Wildman–Crippen LogP) is 3.68. The Labute approximate surface area is 183 Å².